The summed E-state index contributed by atoms with van der Waals surface area (Å²) < 4.78 is 27.5. The zero-order valence-corrected chi connectivity index (χ0v) is 19.6. The standard InChI is InChI=1S/C16H17F2N3O2.C9H20/c1-8-2-4-16(17,18)7-9(8)11-6-12(22)13-10(21-11)3-5-20-14(13)15(19)23;1-3-5-7-9-8-6-4-2/h3,5-6,8-9H,2,4,7H2,1H3,(H2,19,23)(H,21,22);3-9H2,1-2H3. The van der Waals surface area contributed by atoms with Crippen molar-refractivity contribution >= 4 is 16.8 Å². The Morgan fingerprint density at radius 2 is 1.81 bits per heavy atom. The number of carbonyl (C=O) groups excluding carboxylic acids is 1. The zero-order valence-electron chi connectivity index (χ0n) is 19.6. The number of fused-ring (bicyclic) bond motifs is 1. The van der Waals surface area contributed by atoms with Gasteiger partial charge in [0.2, 0.25) is 5.92 Å². The molecule has 2 heterocycles. The number of nitrogens with zero attached hydrogens (tertiary/aromatic N) is 1. The van der Waals surface area contributed by atoms with E-state index in [0.29, 0.717) is 17.6 Å². The molecule has 1 fully saturated rings. The summed E-state index contributed by atoms with van der Waals surface area (Å²) in [6.45, 7) is 6.43. The Morgan fingerprint density at radius 1 is 1.19 bits per heavy atom. The second-order valence-electron chi connectivity index (χ2n) is 8.99. The molecule has 1 amide bonds. The highest BCUT2D eigenvalue weighted by Crippen LogP contribution is 2.44. The summed E-state index contributed by atoms with van der Waals surface area (Å²) in [6.07, 6.45) is 11.3. The fourth-order valence-electron chi connectivity index (χ4n) is 4.32. The van der Waals surface area contributed by atoms with Crippen molar-refractivity contribution in [3.63, 3.8) is 0 Å². The van der Waals surface area contributed by atoms with Gasteiger partial charge >= 0.3 is 0 Å². The molecule has 0 aliphatic heterocycles. The van der Waals surface area contributed by atoms with E-state index in [1.54, 1.807) is 0 Å². The van der Waals surface area contributed by atoms with Crippen LogP contribution in [0, 0.1) is 5.92 Å². The predicted molar refractivity (Wildman–Crippen MR) is 125 cm³/mol. The van der Waals surface area contributed by atoms with Gasteiger partial charge in [-0.15, -0.1) is 0 Å². The molecule has 2 aromatic heterocycles. The van der Waals surface area contributed by atoms with E-state index in [2.05, 4.69) is 23.8 Å². The van der Waals surface area contributed by atoms with Gasteiger partial charge in [0, 0.05) is 36.7 Å². The number of carbonyl (C=O) groups is 1. The molecule has 2 unspecified atom stereocenters. The van der Waals surface area contributed by atoms with Gasteiger partial charge < -0.3 is 10.7 Å². The molecule has 2 atom stereocenters. The number of aromatic amines is 1. The smallest absolute Gasteiger partial charge is 0.268 e. The van der Waals surface area contributed by atoms with Gasteiger partial charge in [0.05, 0.1) is 10.9 Å². The molecule has 178 valence electrons. The number of nitrogens with one attached hydrogen (secondary N) is 1. The molecule has 2 aromatic rings. The molecule has 0 spiro atoms. The Morgan fingerprint density at radius 3 is 2.41 bits per heavy atom. The number of pyridine rings is 2. The Balaban J connectivity index is 0.000000344. The molecule has 0 bridgehead atoms. The lowest BCUT2D eigenvalue weighted by Crippen LogP contribution is -2.31. The number of hydrogen-bond acceptors (Lipinski definition) is 3. The van der Waals surface area contributed by atoms with Crippen LogP contribution < -0.4 is 11.2 Å². The highest BCUT2D eigenvalue weighted by Gasteiger charge is 2.40. The highest BCUT2D eigenvalue weighted by atomic mass is 19.3. The van der Waals surface area contributed by atoms with Crippen LogP contribution in [0.3, 0.4) is 0 Å². The van der Waals surface area contributed by atoms with Crippen LogP contribution >= 0.6 is 0 Å². The van der Waals surface area contributed by atoms with E-state index in [9.17, 15) is 18.4 Å². The number of alkyl halides is 2. The molecule has 0 aromatic carbocycles. The van der Waals surface area contributed by atoms with E-state index in [-0.39, 0.29) is 29.8 Å². The third kappa shape index (κ3) is 7.10. The summed E-state index contributed by atoms with van der Waals surface area (Å²) in [5, 5.41) is 0.0963. The Bertz CT molecular complexity index is 936. The molecule has 1 aliphatic rings. The summed E-state index contributed by atoms with van der Waals surface area (Å²) in [4.78, 5) is 30.6. The van der Waals surface area contributed by atoms with Crippen LogP contribution in [0.2, 0.25) is 0 Å². The van der Waals surface area contributed by atoms with Gasteiger partial charge in [0.1, 0.15) is 5.69 Å². The SMILES string of the molecule is CC1CCC(F)(F)CC1c1cc(=O)c2c(C(N)=O)nccc2[nH]1.CCCCCCCCC. The first-order valence-corrected chi connectivity index (χ1v) is 11.9. The molecule has 3 rings (SSSR count). The van der Waals surface area contributed by atoms with E-state index in [1.807, 2.05) is 6.92 Å². The third-order valence-corrected chi connectivity index (χ3v) is 6.27. The van der Waals surface area contributed by atoms with Crippen molar-refractivity contribution in [1.82, 2.24) is 9.97 Å². The van der Waals surface area contributed by atoms with Crippen LogP contribution in [0.1, 0.15) is 107 Å². The maximum absolute atomic E-state index is 13.7. The number of rotatable bonds is 8. The molecule has 32 heavy (non-hydrogen) atoms. The Hall–Kier alpha value is -2.31. The van der Waals surface area contributed by atoms with E-state index < -0.39 is 23.2 Å². The number of primary amides is 1. The lowest BCUT2D eigenvalue weighted by molar-refractivity contribution is -0.0530. The maximum atomic E-state index is 13.7. The maximum Gasteiger partial charge on any atom is 0.268 e. The van der Waals surface area contributed by atoms with Gasteiger partial charge in [0.25, 0.3) is 5.91 Å². The average Bonchev–Trinajstić information content (AvgIpc) is 2.75. The highest BCUT2D eigenvalue weighted by molar-refractivity contribution is 6.03. The second-order valence-corrected chi connectivity index (χ2v) is 8.99. The molecule has 7 heteroatoms. The minimum atomic E-state index is -2.72. The molecule has 0 saturated heterocycles. The Labute approximate surface area is 189 Å². The largest absolute Gasteiger partial charge is 0.364 e. The van der Waals surface area contributed by atoms with Crippen molar-refractivity contribution in [3.05, 3.63) is 39.9 Å². The van der Waals surface area contributed by atoms with Crippen molar-refractivity contribution in [3.8, 4) is 0 Å². The van der Waals surface area contributed by atoms with Gasteiger partial charge in [-0.3, -0.25) is 14.6 Å². The molecule has 0 radical (unpaired) electrons. The van der Waals surface area contributed by atoms with Crippen LogP contribution in [0.4, 0.5) is 8.78 Å². The second kappa shape index (κ2) is 12.1. The summed E-state index contributed by atoms with van der Waals surface area (Å²) in [5.41, 5.74) is 5.54. The van der Waals surface area contributed by atoms with Crippen LogP contribution in [0.5, 0.6) is 0 Å². The summed E-state index contributed by atoms with van der Waals surface area (Å²) in [5.74, 6) is -3.91. The first kappa shape index (κ1) is 25.9. The van der Waals surface area contributed by atoms with Gasteiger partial charge in [-0.25, -0.2) is 8.78 Å². The molecule has 3 N–H and O–H groups in total. The summed E-state index contributed by atoms with van der Waals surface area (Å²) in [7, 11) is 0. The lowest BCUT2D eigenvalue weighted by atomic mass is 9.76. The van der Waals surface area contributed by atoms with Crippen molar-refractivity contribution in [2.75, 3.05) is 0 Å². The van der Waals surface area contributed by atoms with Crippen molar-refractivity contribution in [2.45, 2.75) is 96.8 Å². The average molecular weight is 450 g/mol. The minimum Gasteiger partial charge on any atom is -0.364 e. The zero-order chi connectivity index (χ0) is 23.7. The van der Waals surface area contributed by atoms with E-state index in [4.69, 9.17) is 5.73 Å². The van der Waals surface area contributed by atoms with Crippen molar-refractivity contribution in [2.24, 2.45) is 11.7 Å². The van der Waals surface area contributed by atoms with Gasteiger partial charge in [-0.1, -0.05) is 65.7 Å². The number of halogens is 2. The van der Waals surface area contributed by atoms with Gasteiger partial charge in [-0.05, 0) is 18.4 Å². The molecular weight excluding hydrogens is 412 g/mol. The molecule has 1 saturated carbocycles. The lowest BCUT2D eigenvalue weighted by Gasteiger charge is -2.34. The fourth-order valence-corrected chi connectivity index (χ4v) is 4.32. The van der Waals surface area contributed by atoms with Crippen molar-refractivity contribution < 1.29 is 13.6 Å². The van der Waals surface area contributed by atoms with Gasteiger partial charge in [0.15, 0.2) is 5.43 Å². The number of H-pyrrole nitrogens is 1. The van der Waals surface area contributed by atoms with Crippen molar-refractivity contribution in [1.29, 1.82) is 0 Å². The fraction of sp³-hybridized carbons (Fsp3) is 0.640. The number of unbranched alkanes of at least 4 members (excludes halogenated alkanes) is 6. The van der Waals surface area contributed by atoms with E-state index >= 15 is 0 Å². The van der Waals surface area contributed by atoms with E-state index in [1.165, 1.54) is 63.3 Å². The number of aromatic nitrogens is 2. The van der Waals surface area contributed by atoms with Crippen LogP contribution in [0.25, 0.3) is 10.9 Å². The van der Waals surface area contributed by atoms with Gasteiger partial charge in [-0.2, -0.15) is 0 Å². The number of hydrogen-bond donors (Lipinski definition) is 2. The predicted octanol–water partition coefficient (Wildman–Crippen LogP) is 6.32. The molecule has 5 nitrogen and oxygen atoms in total. The van der Waals surface area contributed by atoms with Crippen LogP contribution in [-0.2, 0) is 0 Å². The quantitative estimate of drug-likeness (QED) is 0.462. The molecular formula is C25H37F2N3O2. The minimum absolute atomic E-state index is 0.0418. The molecule has 1 aliphatic carbocycles. The van der Waals surface area contributed by atoms with Crippen LogP contribution in [-0.4, -0.2) is 21.8 Å². The first-order valence-electron chi connectivity index (χ1n) is 11.9. The third-order valence-electron chi connectivity index (χ3n) is 6.27. The number of nitrogens with two attached hydrogens (primary N) is 1. The first-order chi connectivity index (χ1) is 15.2. The normalized spacial score (nSPS) is 19.9. The Kier molecular flexibility index (Phi) is 9.79. The van der Waals surface area contributed by atoms with E-state index in [0.717, 1.165) is 0 Å². The summed E-state index contributed by atoms with van der Waals surface area (Å²) >= 11 is 0. The number of amides is 1. The van der Waals surface area contributed by atoms with Crippen LogP contribution in [0.15, 0.2) is 23.1 Å². The topological polar surface area (TPSA) is 88.8 Å². The summed E-state index contributed by atoms with van der Waals surface area (Å²) in [6, 6.07) is 2.83. The monoisotopic (exact) mass is 449 g/mol.